The normalized spacial score (nSPS) is 15.2. The van der Waals surface area contributed by atoms with Crippen molar-refractivity contribution in [1.82, 2.24) is 4.98 Å². The lowest BCUT2D eigenvalue weighted by atomic mass is 10.5. The van der Waals surface area contributed by atoms with Gasteiger partial charge in [0, 0.05) is 6.20 Å². The summed E-state index contributed by atoms with van der Waals surface area (Å²) in [5.41, 5.74) is -0.345. The number of hydrogen-bond donors (Lipinski definition) is 0. The van der Waals surface area contributed by atoms with Crippen molar-refractivity contribution in [3.63, 3.8) is 0 Å². The van der Waals surface area contributed by atoms with Crippen molar-refractivity contribution in [2.75, 3.05) is 18.7 Å². The van der Waals surface area contributed by atoms with Gasteiger partial charge in [0.15, 0.2) is 13.3 Å². The number of nitrogens with zero attached hydrogens (tertiary/aromatic N) is 2. The van der Waals surface area contributed by atoms with E-state index in [4.69, 9.17) is 20.6 Å². The summed E-state index contributed by atoms with van der Waals surface area (Å²) in [7, 11) is -8.81. The van der Waals surface area contributed by atoms with E-state index in [9.17, 15) is 8.77 Å². The zero-order valence-electron chi connectivity index (χ0n) is 14.1. The van der Waals surface area contributed by atoms with E-state index in [1.54, 1.807) is 26.0 Å². The van der Waals surface area contributed by atoms with Crippen LogP contribution in [0.1, 0.15) is 13.8 Å². The molecule has 0 radical (unpaired) electrons. The molecule has 0 bridgehead atoms. The lowest BCUT2D eigenvalue weighted by molar-refractivity contribution is 0.224. The molecule has 0 aliphatic heterocycles. The van der Waals surface area contributed by atoms with E-state index in [1.165, 1.54) is 6.20 Å². The fraction of sp³-hybridized carbons (Fsp3) is 0.615. The highest BCUT2D eigenvalue weighted by atomic mass is 35.5. The first kappa shape index (κ1) is 20.8. The van der Waals surface area contributed by atoms with Gasteiger partial charge in [-0.25, -0.2) is 9.19 Å². The Labute approximate surface area is 144 Å². The van der Waals surface area contributed by atoms with Gasteiger partial charge < -0.3 is 9.05 Å². The molecule has 1 rings (SSSR count). The van der Waals surface area contributed by atoms with Gasteiger partial charge in [0.25, 0.3) is 0 Å². The van der Waals surface area contributed by atoms with Gasteiger partial charge in [-0.3, -0.25) is 8.59 Å². The second kappa shape index (κ2) is 8.23. The number of aromatic nitrogens is 1. The third kappa shape index (κ3) is 6.29. The van der Waals surface area contributed by atoms with Crippen molar-refractivity contribution < 1.29 is 17.8 Å². The summed E-state index contributed by atoms with van der Waals surface area (Å²) in [6.45, 7) is 9.61. The molecule has 0 saturated heterocycles. The molecule has 6 nitrogen and oxygen atoms in total. The van der Waals surface area contributed by atoms with Gasteiger partial charge in [-0.2, -0.15) is 0 Å². The maximum atomic E-state index is 13.6. The second-order valence-corrected chi connectivity index (χ2v) is 15.7. The minimum atomic E-state index is -3.56. The van der Waals surface area contributed by atoms with Gasteiger partial charge in [0.05, 0.1) is 28.0 Å². The maximum absolute atomic E-state index is 13.6. The molecule has 1 unspecified atom stereocenters. The Morgan fingerprint density at radius 3 is 2.30 bits per heavy atom. The predicted molar refractivity (Wildman–Crippen MR) is 97.2 cm³/mol. The van der Waals surface area contributed by atoms with Crippen LogP contribution in [0.2, 0.25) is 24.7 Å². The van der Waals surface area contributed by atoms with Crippen LogP contribution in [0.5, 0.6) is 0 Å². The van der Waals surface area contributed by atoms with Crippen molar-refractivity contribution in [2.24, 2.45) is 4.03 Å². The van der Waals surface area contributed by atoms with Crippen LogP contribution < -0.4 is 0 Å². The predicted octanol–water partition coefficient (Wildman–Crippen LogP) is 4.62. The molecule has 1 atom stereocenters. The molecule has 0 N–H and O–H groups in total. The summed E-state index contributed by atoms with van der Waals surface area (Å²) < 4.78 is 41.5. The smallest absolute Gasteiger partial charge is 0.308 e. The Morgan fingerprint density at radius 2 is 1.87 bits per heavy atom. The first-order valence-corrected chi connectivity index (χ1v) is 14.5. The summed E-state index contributed by atoms with van der Waals surface area (Å²) in [5.74, 6) is 0. The van der Waals surface area contributed by atoms with Crippen LogP contribution >= 0.6 is 19.2 Å². The molecule has 1 heterocycles. The Balaban J connectivity index is 3.50. The van der Waals surface area contributed by atoms with Gasteiger partial charge >= 0.3 is 7.60 Å². The van der Waals surface area contributed by atoms with Crippen LogP contribution in [0.3, 0.4) is 0 Å². The van der Waals surface area contributed by atoms with Crippen LogP contribution in [-0.2, 0) is 23.3 Å². The summed E-state index contributed by atoms with van der Waals surface area (Å²) >= 11 is 6.16. The number of rotatable bonds is 8. The molecule has 0 saturated carbocycles. The highest BCUT2D eigenvalue weighted by Crippen LogP contribution is 2.51. The molecule has 0 aromatic carbocycles. The monoisotopic (exact) mass is 398 g/mol. The molecule has 1 aromatic rings. The van der Waals surface area contributed by atoms with E-state index in [0.29, 0.717) is 0 Å². The van der Waals surface area contributed by atoms with Crippen LogP contribution in [0.15, 0.2) is 27.4 Å². The first-order valence-electron chi connectivity index (χ1n) is 7.30. The van der Waals surface area contributed by atoms with Gasteiger partial charge in [0.2, 0.25) is 0 Å². The Morgan fingerprint density at radius 1 is 1.30 bits per heavy atom. The Kier molecular flexibility index (Phi) is 7.44. The topological polar surface area (TPSA) is 77.9 Å². The van der Waals surface area contributed by atoms with E-state index < -0.39 is 25.6 Å². The SMILES string of the molecule is CCOP(=O)(CS(=O)(=N[Si](C)(C)C)c1ncccc1Cl)OCC. The van der Waals surface area contributed by atoms with Gasteiger partial charge in [-0.05, 0) is 45.6 Å². The van der Waals surface area contributed by atoms with Gasteiger partial charge in [-0.1, -0.05) is 11.6 Å². The summed E-state index contributed by atoms with van der Waals surface area (Å²) in [5, 5.41) is 0.378. The first-order chi connectivity index (χ1) is 10.6. The quantitative estimate of drug-likeness (QED) is 0.471. The molecule has 0 amide bonds. The van der Waals surface area contributed by atoms with E-state index in [-0.39, 0.29) is 28.8 Å². The van der Waals surface area contributed by atoms with Crippen molar-refractivity contribution in [1.29, 1.82) is 0 Å². The molecule has 10 heteroatoms. The highest BCUT2D eigenvalue weighted by molar-refractivity contribution is 8.00. The average molecular weight is 399 g/mol. The molecule has 132 valence electrons. The van der Waals surface area contributed by atoms with Crippen molar-refractivity contribution in [2.45, 2.75) is 38.5 Å². The molecule has 1 aromatic heterocycles. The zero-order chi connectivity index (χ0) is 17.7. The van der Waals surface area contributed by atoms with Gasteiger partial charge in [-0.15, -0.1) is 0 Å². The number of hydrogen-bond acceptors (Lipinski definition) is 6. The van der Waals surface area contributed by atoms with Crippen LogP contribution in [0, 0.1) is 0 Å². The molecule has 0 spiro atoms. The fourth-order valence-corrected chi connectivity index (χ4v) is 11.3. The summed E-state index contributed by atoms with van der Waals surface area (Å²) in [6, 6.07) is 3.24. The molecule has 0 aliphatic carbocycles. The molecule has 23 heavy (non-hydrogen) atoms. The fourth-order valence-electron chi connectivity index (χ4n) is 1.90. The molecule has 0 fully saturated rings. The van der Waals surface area contributed by atoms with Gasteiger partial charge in [0.1, 0.15) is 5.49 Å². The van der Waals surface area contributed by atoms with E-state index >= 15 is 0 Å². The Bertz CT molecular complexity index is 691. The van der Waals surface area contributed by atoms with E-state index in [2.05, 4.69) is 9.01 Å². The highest BCUT2D eigenvalue weighted by Gasteiger charge is 2.34. The minimum Gasteiger partial charge on any atom is -0.308 e. The van der Waals surface area contributed by atoms with Crippen LogP contribution in [-0.4, -0.2) is 36.1 Å². The largest absolute Gasteiger partial charge is 0.344 e. The lowest BCUT2D eigenvalue weighted by Crippen LogP contribution is -2.23. The molecular weight excluding hydrogens is 375 g/mol. The lowest BCUT2D eigenvalue weighted by Gasteiger charge is -2.22. The minimum absolute atomic E-state index is 0.142. The van der Waals surface area contributed by atoms with Crippen LogP contribution in [0.4, 0.5) is 0 Å². The maximum Gasteiger partial charge on any atom is 0.344 e. The standard InChI is InChI=1S/C13H24ClN2O4PSSi/c1-6-19-21(17,20-7-2)11-22(18,16-23(3,4)5)13-12(14)9-8-10-15-13/h8-10H,6-7,11H2,1-5H3. The summed E-state index contributed by atoms with van der Waals surface area (Å²) in [6.07, 6.45) is 1.49. The average Bonchev–Trinajstić information content (AvgIpc) is 2.36. The number of pyridine rings is 1. The summed E-state index contributed by atoms with van der Waals surface area (Å²) in [4.78, 5) is 4.13. The molecule has 0 aliphatic rings. The zero-order valence-corrected chi connectivity index (χ0v) is 17.6. The van der Waals surface area contributed by atoms with Crippen molar-refractivity contribution in [3.8, 4) is 0 Å². The van der Waals surface area contributed by atoms with Crippen molar-refractivity contribution in [3.05, 3.63) is 23.4 Å². The van der Waals surface area contributed by atoms with E-state index in [0.717, 1.165) is 0 Å². The number of halogens is 1. The third-order valence-corrected chi connectivity index (χ3v) is 11.1. The van der Waals surface area contributed by atoms with E-state index in [1.807, 2.05) is 19.6 Å². The molecular formula is C13H24ClN2O4PSSi. The third-order valence-electron chi connectivity index (χ3n) is 2.43. The Hall–Kier alpha value is -0.243. The van der Waals surface area contributed by atoms with Crippen LogP contribution in [0.25, 0.3) is 0 Å². The second-order valence-electron chi connectivity index (χ2n) is 5.77. The van der Waals surface area contributed by atoms with Crippen molar-refractivity contribution >= 4 is 37.2 Å².